The van der Waals surface area contributed by atoms with Gasteiger partial charge in [-0.05, 0) is 43.7 Å². The molecule has 0 aromatic heterocycles. The van der Waals surface area contributed by atoms with Crippen LogP contribution in [-0.2, 0) is 0 Å². The lowest BCUT2D eigenvalue weighted by atomic mass is 9.78. The topological polar surface area (TPSA) is 9.23 Å². The van der Waals surface area contributed by atoms with E-state index in [0.29, 0.717) is 12.0 Å². The minimum Gasteiger partial charge on any atom is -0.489 e. The van der Waals surface area contributed by atoms with Gasteiger partial charge in [-0.3, -0.25) is 0 Å². The van der Waals surface area contributed by atoms with Gasteiger partial charge in [-0.1, -0.05) is 19.1 Å². The number of hydrogen-bond donors (Lipinski definition) is 0. The monoisotopic (exact) mass is 202 g/mol. The minimum absolute atomic E-state index is 0.463. The Hall–Kier alpha value is -0.980. The Balaban J connectivity index is 1.95. The molecule has 0 saturated heterocycles. The molecule has 0 spiro atoms. The molecule has 0 amide bonds. The summed E-state index contributed by atoms with van der Waals surface area (Å²) in [5, 5.41) is 0. The highest BCUT2D eigenvalue weighted by Gasteiger charge is 2.37. The Morgan fingerprint density at radius 2 is 2.13 bits per heavy atom. The van der Waals surface area contributed by atoms with Gasteiger partial charge < -0.3 is 4.74 Å². The van der Waals surface area contributed by atoms with E-state index in [1.165, 1.54) is 30.4 Å². The summed E-state index contributed by atoms with van der Waals surface area (Å²) in [6, 6.07) is 6.67. The van der Waals surface area contributed by atoms with Crippen LogP contribution >= 0.6 is 0 Å². The van der Waals surface area contributed by atoms with E-state index in [4.69, 9.17) is 4.74 Å². The van der Waals surface area contributed by atoms with Crippen LogP contribution in [0.1, 0.15) is 43.2 Å². The van der Waals surface area contributed by atoms with E-state index in [9.17, 15) is 0 Å². The Morgan fingerprint density at radius 1 is 1.27 bits per heavy atom. The van der Waals surface area contributed by atoms with Crippen LogP contribution in [0.5, 0.6) is 5.75 Å². The first-order valence-corrected chi connectivity index (χ1v) is 6.01. The normalized spacial score (nSPS) is 33.1. The van der Waals surface area contributed by atoms with Crippen molar-refractivity contribution in [1.29, 1.82) is 0 Å². The molecular formula is C14H18O. The fourth-order valence-electron chi connectivity index (χ4n) is 3.03. The molecule has 1 heteroatoms. The number of benzene rings is 1. The van der Waals surface area contributed by atoms with Gasteiger partial charge in [0.05, 0.1) is 0 Å². The van der Waals surface area contributed by atoms with Crippen molar-refractivity contribution in [3.8, 4) is 5.75 Å². The van der Waals surface area contributed by atoms with Crippen LogP contribution in [0, 0.1) is 12.8 Å². The molecule has 1 aromatic carbocycles. The molecule has 1 aliphatic heterocycles. The number of aryl methyl sites for hydroxylation is 1. The van der Waals surface area contributed by atoms with Gasteiger partial charge in [0.15, 0.2) is 0 Å². The second-order valence-electron chi connectivity index (χ2n) is 5.22. The van der Waals surface area contributed by atoms with Gasteiger partial charge in [-0.25, -0.2) is 0 Å². The second-order valence-corrected chi connectivity index (χ2v) is 5.22. The Labute approximate surface area is 91.5 Å². The van der Waals surface area contributed by atoms with Crippen LogP contribution < -0.4 is 4.74 Å². The van der Waals surface area contributed by atoms with Gasteiger partial charge in [0.1, 0.15) is 11.9 Å². The van der Waals surface area contributed by atoms with E-state index >= 15 is 0 Å². The first-order valence-electron chi connectivity index (χ1n) is 6.01. The van der Waals surface area contributed by atoms with Gasteiger partial charge in [0, 0.05) is 11.5 Å². The lowest BCUT2D eigenvalue weighted by Gasteiger charge is -2.28. The van der Waals surface area contributed by atoms with E-state index in [1.54, 1.807) is 0 Å². The van der Waals surface area contributed by atoms with Crippen LogP contribution in [0.4, 0.5) is 0 Å². The highest BCUT2D eigenvalue weighted by molar-refractivity contribution is 5.43. The molecule has 0 radical (unpaired) electrons. The largest absolute Gasteiger partial charge is 0.489 e. The van der Waals surface area contributed by atoms with Crippen LogP contribution in [0.2, 0.25) is 0 Å². The fourth-order valence-corrected chi connectivity index (χ4v) is 3.03. The third-order valence-electron chi connectivity index (χ3n) is 3.90. The third-order valence-corrected chi connectivity index (χ3v) is 3.90. The number of hydrogen-bond acceptors (Lipinski definition) is 1. The lowest BCUT2D eigenvalue weighted by Crippen LogP contribution is -2.26. The second kappa shape index (κ2) is 3.26. The zero-order valence-corrected chi connectivity index (χ0v) is 9.49. The predicted molar refractivity (Wildman–Crippen MR) is 61.4 cm³/mol. The van der Waals surface area contributed by atoms with E-state index in [2.05, 4.69) is 32.0 Å². The summed E-state index contributed by atoms with van der Waals surface area (Å²) < 4.78 is 6.06. The quantitative estimate of drug-likeness (QED) is 0.624. The zero-order chi connectivity index (χ0) is 10.4. The summed E-state index contributed by atoms with van der Waals surface area (Å²) in [7, 11) is 0. The maximum atomic E-state index is 6.06. The summed E-state index contributed by atoms with van der Waals surface area (Å²) in [6.45, 7) is 4.47. The maximum absolute atomic E-state index is 6.06. The van der Waals surface area contributed by atoms with Crippen molar-refractivity contribution in [3.63, 3.8) is 0 Å². The van der Waals surface area contributed by atoms with Crippen LogP contribution in [0.3, 0.4) is 0 Å². The Kier molecular flexibility index (Phi) is 2.01. The predicted octanol–water partition coefficient (Wildman–Crippen LogP) is 3.66. The average Bonchev–Trinajstić information content (AvgIpc) is 2.53. The van der Waals surface area contributed by atoms with Crippen LogP contribution in [-0.4, -0.2) is 6.10 Å². The molecule has 1 aliphatic carbocycles. The molecule has 3 atom stereocenters. The molecule has 1 aromatic rings. The Bertz CT molecular complexity index is 383. The molecule has 1 fully saturated rings. The smallest absolute Gasteiger partial charge is 0.123 e. The van der Waals surface area contributed by atoms with Crippen molar-refractivity contribution in [2.45, 2.75) is 45.1 Å². The van der Waals surface area contributed by atoms with Crippen molar-refractivity contribution < 1.29 is 4.74 Å². The lowest BCUT2D eigenvalue weighted by molar-refractivity contribution is 0.136. The van der Waals surface area contributed by atoms with E-state index in [-0.39, 0.29) is 0 Å². The molecule has 0 N–H and O–H groups in total. The van der Waals surface area contributed by atoms with Crippen molar-refractivity contribution in [1.82, 2.24) is 0 Å². The molecule has 3 rings (SSSR count). The summed E-state index contributed by atoms with van der Waals surface area (Å²) in [5.74, 6) is 2.66. The molecule has 0 bridgehead atoms. The molecule has 3 unspecified atom stereocenters. The molecule has 2 aliphatic rings. The highest BCUT2D eigenvalue weighted by atomic mass is 16.5. The van der Waals surface area contributed by atoms with Crippen molar-refractivity contribution >= 4 is 0 Å². The van der Waals surface area contributed by atoms with E-state index in [1.807, 2.05) is 0 Å². The molecule has 1 saturated carbocycles. The fraction of sp³-hybridized carbons (Fsp3) is 0.571. The van der Waals surface area contributed by atoms with E-state index < -0.39 is 0 Å². The molecule has 15 heavy (non-hydrogen) atoms. The first-order chi connectivity index (χ1) is 7.24. The molecule has 80 valence electrons. The summed E-state index contributed by atoms with van der Waals surface area (Å²) in [6.07, 6.45) is 4.36. The minimum atomic E-state index is 0.463. The van der Waals surface area contributed by atoms with Gasteiger partial charge >= 0.3 is 0 Å². The summed E-state index contributed by atoms with van der Waals surface area (Å²) >= 11 is 0. The van der Waals surface area contributed by atoms with Crippen LogP contribution in [0.25, 0.3) is 0 Å². The standard InChI is InChI=1S/C14H18O/c1-9-3-5-11-12-6-4-10(2)8-14(12)15-13(11)7-9/h3,5,7,10,12,14H,4,6,8H2,1-2H3. The van der Waals surface area contributed by atoms with Crippen molar-refractivity contribution in [2.24, 2.45) is 5.92 Å². The summed E-state index contributed by atoms with van der Waals surface area (Å²) in [4.78, 5) is 0. The van der Waals surface area contributed by atoms with Gasteiger partial charge in [0.2, 0.25) is 0 Å². The highest BCUT2D eigenvalue weighted by Crippen LogP contribution is 2.46. The zero-order valence-electron chi connectivity index (χ0n) is 9.49. The van der Waals surface area contributed by atoms with E-state index in [0.717, 1.165) is 11.7 Å². The number of fused-ring (bicyclic) bond motifs is 3. The number of ether oxygens (including phenoxy) is 1. The van der Waals surface area contributed by atoms with Crippen LogP contribution in [0.15, 0.2) is 18.2 Å². The van der Waals surface area contributed by atoms with Crippen molar-refractivity contribution in [2.75, 3.05) is 0 Å². The average molecular weight is 202 g/mol. The van der Waals surface area contributed by atoms with Gasteiger partial charge in [0.25, 0.3) is 0 Å². The Morgan fingerprint density at radius 3 is 3.00 bits per heavy atom. The van der Waals surface area contributed by atoms with Gasteiger partial charge in [-0.15, -0.1) is 0 Å². The van der Waals surface area contributed by atoms with Crippen molar-refractivity contribution in [3.05, 3.63) is 29.3 Å². The molecular weight excluding hydrogens is 184 g/mol. The first kappa shape index (κ1) is 9.26. The maximum Gasteiger partial charge on any atom is 0.123 e. The third kappa shape index (κ3) is 1.45. The molecule has 1 heterocycles. The summed E-state index contributed by atoms with van der Waals surface area (Å²) in [5.41, 5.74) is 2.76. The number of rotatable bonds is 0. The molecule has 1 nitrogen and oxygen atoms in total. The van der Waals surface area contributed by atoms with Gasteiger partial charge in [-0.2, -0.15) is 0 Å². The SMILES string of the molecule is Cc1ccc2c(c1)OC1CC(C)CCC21.